The molecule has 1 aromatic heterocycles. The molecule has 0 aliphatic carbocycles. The van der Waals surface area contributed by atoms with Gasteiger partial charge < -0.3 is 44.7 Å². The zero-order chi connectivity index (χ0) is 49.8. The van der Waals surface area contributed by atoms with Gasteiger partial charge in [0.25, 0.3) is 0 Å². The molecule has 19 nitrogen and oxygen atoms in total. The lowest BCUT2D eigenvalue weighted by Crippen LogP contribution is -2.36. The second-order valence-electron chi connectivity index (χ2n) is 18.5. The number of ether oxygens (including phenoxy) is 4. The fourth-order valence-corrected chi connectivity index (χ4v) is 10.0. The predicted octanol–water partition coefficient (Wildman–Crippen LogP) is 8.90. The highest BCUT2D eigenvalue weighted by atomic mass is 31.3. The van der Waals surface area contributed by atoms with Crippen LogP contribution in [0.2, 0.25) is 0 Å². The van der Waals surface area contributed by atoms with Gasteiger partial charge in [-0.2, -0.15) is 9.29 Å². The fourth-order valence-electron chi connectivity index (χ4n) is 7.92. The number of nitrogens with zero attached hydrogens (tertiary/aromatic N) is 2. The first-order valence-electron chi connectivity index (χ1n) is 25.2. The van der Waals surface area contributed by atoms with Crippen LogP contribution >= 0.6 is 15.6 Å². The topological polar surface area (TPSA) is 278 Å². The van der Waals surface area contributed by atoms with E-state index in [4.69, 9.17) is 33.7 Å². The van der Waals surface area contributed by atoms with E-state index in [0.29, 0.717) is 25.0 Å². The van der Waals surface area contributed by atoms with E-state index < -0.39 is 83.7 Å². The molecule has 2 aliphatic rings. The number of epoxide rings is 1. The Bertz CT molecular complexity index is 1770. The van der Waals surface area contributed by atoms with Gasteiger partial charge in [0.05, 0.1) is 25.4 Å². The zero-order valence-corrected chi connectivity index (χ0v) is 42.6. The first-order valence-corrected chi connectivity index (χ1v) is 28.2. The third-order valence-electron chi connectivity index (χ3n) is 12.0. The molecule has 3 heterocycles. The van der Waals surface area contributed by atoms with Crippen LogP contribution in [0.4, 0.5) is 5.82 Å². The van der Waals surface area contributed by atoms with E-state index >= 15 is 0 Å². The molecule has 0 bridgehead atoms. The van der Waals surface area contributed by atoms with Crippen LogP contribution < -0.4 is 11.4 Å². The van der Waals surface area contributed by atoms with Crippen molar-refractivity contribution in [3.05, 3.63) is 34.9 Å². The second kappa shape index (κ2) is 33.2. The van der Waals surface area contributed by atoms with Crippen molar-refractivity contribution in [1.82, 2.24) is 9.55 Å². The predicted molar refractivity (Wildman–Crippen MR) is 256 cm³/mol. The molecule has 68 heavy (non-hydrogen) atoms. The van der Waals surface area contributed by atoms with Crippen LogP contribution in [0.5, 0.6) is 0 Å². The molecule has 2 fully saturated rings. The molecular formula is C47H83N3O16P2. The molecule has 0 radical (unpaired) electrons. The van der Waals surface area contributed by atoms with E-state index in [1.165, 1.54) is 70.3 Å². The molecule has 4 unspecified atom stereocenters. The highest BCUT2D eigenvalue weighted by molar-refractivity contribution is 7.61. The molecular weight excluding hydrogens is 924 g/mol. The number of carbonyl (C=O) groups excluding carboxylic acids is 2. The Morgan fingerprint density at radius 1 is 0.765 bits per heavy atom. The van der Waals surface area contributed by atoms with Crippen molar-refractivity contribution in [1.29, 1.82) is 0 Å². The van der Waals surface area contributed by atoms with Crippen LogP contribution in [0, 0.1) is 5.92 Å². The number of hydrogen-bond donors (Lipinski definition) is 5. The van der Waals surface area contributed by atoms with Gasteiger partial charge in [0.1, 0.15) is 30.7 Å². The summed E-state index contributed by atoms with van der Waals surface area (Å²) in [5, 5.41) is 20.9. The van der Waals surface area contributed by atoms with Crippen LogP contribution in [-0.2, 0) is 51.0 Å². The van der Waals surface area contributed by atoms with Gasteiger partial charge in [-0.15, -0.1) is 0 Å². The number of esters is 2. The number of carbonyl (C=O) groups is 2. The van der Waals surface area contributed by atoms with Gasteiger partial charge in [0.2, 0.25) is 0 Å². The maximum absolute atomic E-state index is 12.9. The molecule has 2 saturated heterocycles. The molecule has 3 rings (SSSR count). The summed E-state index contributed by atoms with van der Waals surface area (Å²) in [6.07, 6.45) is 23.3. The summed E-state index contributed by atoms with van der Waals surface area (Å²) in [6, 6.07) is 1.25. The van der Waals surface area contributed by atoms with Gasteiger partial charge in [-0.05, 0) is 50.5 Å². The number of aromatic nitrogens is 2. The van der Waals surface area contributed by atoms with E-state index in [9.17, 15) is 43.5 Å². The number of phosphoric ester groups is 2. The molecule has 0 aromatic carbocycles. The normalized spacial score (nSPS) is 22.6. The monoisotopic (exact) mass is 1010 g/mol. The van der Waals surface area contributed by atoms with E-state index in [1.807, 2.05) is 0 Å². The molecule has 21 heteroatoms. The van der Waals surface area contributed by atoms with Gasteiger partial charge in [-0.1, -0.05) is 142 Å². The van der Waals surface area contributed by atoms with Crippen LogP contribution in [0.25, 0.3) is 0 Å². The average Bonchev–Trinajstić information content (AvgIpc) is 3.97. The van der Waals surface area contributed by atoms with E-state index in [0.717, 1.165) is 87.3 Å². The molecule has 392 valence electrons. The van der Waals surface area contributed by atoms with Gasteiger partial charge in [-0.25, -0.2) is 13.9 Å². The summed E-state index contributed by atoms with van der Waals surface area (Å²) >= 11 is 0. The van der Waals surface area contributed by atoms with Crippen molar-refractivity contribution in [3.63, 3.8) is 0 Å². The molecule has 0 spiro atoms. The molecule has 9 atom stereocenters. The van der Waals surface area contributed by atoms with Gasteiger partial charge >= 0.3 is 33.3 Å². The number of unbranched alkanes of at least 4 members (excludes halogenated alkanes) is 17. The van der Waals surface area contributed by atoms with Gasteiger partial charge in [-0.3, -0.25) is 23.2 Å². The van der Waals surface area contributed by atoms with Crippen LogP contribution in [-0.4, -0.2) is 97.9 Å². The van der Waals surface area contributed by atoms with Crippen LogP contribution in [0.1, 0.15) is 188 Å². The minimum absolute atomic E-state index is 0.0323. The van der Waals surface area contributed by atoms with Crippen molar-refractivity contribution >= 4 is 33.4 Å². The largest absolute Gasteiger partial charge is 0.481 e. The SMILES string of the molecule is CCCCCC1OC1C/C=C\CCCCCCCC(=O)O[C@H](COC(=O)CCCCCCCCCCCCCC(C)C)COP(=O)(O)OP(=O)(O)OC[C@H]1O[C@@H](n2ccc(N)nc2=O)[C@H](O)[C@@H]1O. The van der Waals surface area contributed by atoms with E-state index in [1.54, 1.807) is 0 Å². The smallest absolute Gasteiger partial charge is 0.462 e. The highest BCUT2D eigenvalue weighted by Gasteiger charge is 2.46. The molecule has 6 N–H and O–H groups in total. The Kier molecular flexibility index (Phi) is 29.2. The maximum Gasteiger partial charge on any atom is 0.481 e. The second-order valence-corrected chi connectivity index (χ2v) is 21.6. The summed E-state index contributed by atoms with van der Waals surface area (Å²) in [5.41, 5.74) is 4.59. The number of hydrogen-bond acceptors (Lipinski definition) is 16. The Morgan fingerprint density at radius 3 is 2.00 bits per heavy atom. The molecule has 0 saturated carbocycles. The zero-order valence-electron chi connectivity index (χ0n) is 40.8. The number of aliphatic hydroxyl groups excluding tert-OH is 2. The molecule has 2 aliphatic heterocycles. The summed E-state index contributed by atoms with van der Waals surface area (Å²) in [7, 11) is -10.8. The first kappa shape index (κ1) is 59.8. The number of nitrogens with two attached hydrogens (primary N) is 1. The number of allylic oxidation sites excluding steroid dienone is 1. The highest BCUT2D eigenvalue weighted by Crippen LogP contribution is 2.60. The lowest BCUT2D eigenvalue weighted by atomic mass is 10.0. The maximum atomic E-state index is 12.9. The average molecular weight is 1010 g/mol. The summed E-state index contributed by atoms with van der Waals surface area (Å²) in [6.45, 7) is 4.41. The Morgan fingerprint density at radius 2 is 1.37 bits per heavy atom. The minimum Gasteiger partial charge on any atom is -0.462 e. The Balaban J connectivity index is 1.40. The molecule has 0 amide bonds. The Hall–Kier alpha value is -2.54. The fraction of sp³-hybridized carbons (Fsp3) is 0.830. The standard InChI is InChI=1S/C47H83N3O16P2/c1-4-5-21-27-38-39(64-38)28-23-18-14-11-12-16-20-25-30-43(52)63-37(33-60-42(51)29-24-19-15-10-8-6-7-9-13-17-22-26-36(2)3)34-61-67(56,57)66-68(58,59)62-35-40-44(53)45(54)46(65-40)50-32-31-41(48)49-47(50)55/h18,23,31-32,36-40,44-46,53-54H,4-17,19-22,24-30,33-35H2,1-3H3,(H,56,57)(H,58,59)(H2,48,49,55)/b23-18-/t37-,38?,39?,40-,44-,45-,46-/m1/s1. The van der Waals surface area contributed by atoms with E-state index in [-0.39, 0.29) is 18.7 Å². The number of phosphoric acid groups is 2. The summed E-state index contributed by atoms with van der Waals surface area (Å²) < 4.78 is 62.5. The van der Waals surface area contributed by atoms with Crippen LogP contribution in [0.15, 0.2) is 29.2 Å². The van der Waals surface area contributed by atoms with Crippen molar-refractivity contribution in [2.24, 2.45) is 5.92 Å². The quantitative estimate of drug-likeness (QED) is 0.0135. The number of aliphatic hydroxyl groups is 2. The summed E-state index contributed by atoms with van der Waals surface area (Å²) in [4.78, 5) is 61.9. The van der Waals surface area contributed by atoms with Crippen molar-refractivity contribution in [3.8, 4) is 0 Å². The number of rotatable bonds is 40. The molecule has 1 aromatic rings. The van der Waals surface area contributed by atoms with Crippen molar-refractivity contribution in [2.75, 3.05) is 25.6 Å². The van der Waals surface area contributed by atoms with Gasteiger partial charge in [0, 0.05) is 19.0 Å². The van der Waals surface area contributed by atoms with E-state index in [2.05, 4.69) is 42.2 Å². The number of anilines is 1. The lowest BCUT2D eigenvalue weighted by molar-refractivity contribution is -0.161. The minimum atomic E-state index is -5.43. The number of nitrogen functional groups attached to an aromatic ring is 1. The van der Waals surface area contributed by atoms with Crippen molar-refractivity contribution < 1.29 is 71.0 Å². The lowest BCUT2D eigenvalue weighted by Gasteiger charge is -2.21. The van der Waals surface area contributed by atoms with Crippen molar-refractivity contribution in [2.45, 2.75) is 224 Å². The van der Waals surface area contributed by atoms with Gasteiger partial charge in [0.15, 0.2) is 12.3 Å². The first-order chi connectivity index (χ1) is 32.5. The Labute approximate surface area is 403 Å². The third-order valence-corrected chi connectivity index (χ3v) is 14.6. The third kappa shape index (κ3) is 26.1. The summed E-state index contributed by atoms with van der Waals surface area (Å²) in [5.74, 6) is -0.544. The van der Waals surface area contributed by atoms with Crippen LogP contribution in [0.3, 0.4) is 0 Å².